The van der Waals surface area contributed by atoms with Crippen LogP contribution in [0.25, 0.3) is 0 Å². The van der Waals surface area contributed by atoms with Gasteiger partial charge in [0, 0.05) is 5.56 Å². The van der Waals surface area contributed by atoms with Crippen molar-refractivity contribution in [3.05, 3.63) is 35.4 Å². The zero-order valence-electron chi connectivity index (χ0n) is 14.0. The van der Waals surface area contributed by atoms with Crippen LogP contribution < -0.4 is 5.32 Å². The second-order valence-corrected chi connectivity index (χ2v) is 6.19. The number of nitrogens with one attached hydrogen (secondary N) is 1. The standard InChI is InChI=1S/C18H24N2O3/c1-4-10-18(11-5-2)16(22)20(17(23)19-18)12-15(21)14-8-6-13(3)7-9-14/h6-9H,4-5,10-12H2,1-3H3,(H,19,23). The number of hydrogen-bond donors (Lipinski definition) is 1. The van der Waals surface area contributed by atoms with E-state index in [2.05, 4.69) is 5.32 Å². The quantitative estimate of drug-likeness (QED) is 0.621. The lowest BCUT2D eigenvalue weighted by Crippen LogP contribution is -2.47. The maximum Gasteiger partial charge on any atom is 0.325 e. The maximum atomic E-state index is 12.7. The molecule has 0 spiro atoms. The summed E-state index contributed by atoms with van der Waals surface area (Å²) < 4.78 is 0. The number of aryl methyl sites for hydroxylation is 1. The number of hydrogen-bond acceptors (Lipinski definition) is 3. The van der Waals surface area contributed by atoms with Crippen molar-refractivity contribution >= 4 is 17.7 Å². The lowest BCUT2D eigenvalue weighted by atomic mass is 9.88. The van der Waals surface area contributed by atoms with E-state index in [1.54, 1.807) is 12.1 Å². The molecule has 2 rings (SSSR count). The minimum Gasteiger partial charge on any atom is -0.323 e. The van der Waals surface area contributed by atoms with Crippen molar-refractivity contribution in [3.63, 3.8) is 0 Å². The van der Waals surface area contributed by atoms with Gasteiger partial charge in [-0.25, -0.2) is 4.79 Å². The molecule has 1 aliphatic rings. The molecule has 0 atom stereocenters. The van der Waals surface area contributed by atoms with Crippen LogP contribution in [0.15, 0.2) is 24.3 Å². The average molecular weight is 316 g/mol. The van der Waals surface area contributed by atoms with E-state index >= 15 is 0 Å². The molecule has 3 amide bonds. The van der Waals surface area contributed by atoms with E-state index in [1.165, 1.54) is 0 Å². The highest BCUT2D eigenvalue weighted by atomic mass is 16.2. The molecule has 1 aromatic rings. The molecular formula is C18H24N2O3. The normalized spacial score (nSPS) is 16.6. The minimum atomic E-state index is -0.839. The van der Waals surface area contributed by atoms with Gasteiger partial charge in [-0.05, 0) is 19.8 Å². The fourth-order valence-electron chi connectivity index (χ4n) is 3.11. The predicted molar refractivity (Wildman–Crippen MR) is 88.3 cm³/mol. The monoisotopic (exact) mass is 316 g/mol. The van der Waals surface area contributed by atoms with Crippen molar-refractivity contribution < 1.29 is 14.4 Å². The van der Waals surface area contributed by atoms with Gasteiger partial charge in [0.05, 0.1) is 6.54 Å². The van der Waals surface area contributed by atoms with Crippen molar-refractivity contribution in [1.82, 2.24) is 10.2 Å². The van der Waals surface area contributed by atoms with E-state index in [4.69, 9.17) is 0 Å². The summed E-state index contributed by atoms with van der Waals surface area (Å²) in [5, 5.41) is 2.82. The number of benzene rings is 1. The van der Waals surface area contributed by atoms with Crippen molar-refractivity contribution in [3.8, 4) is 0 Å². The minimum absolute atomic E-state index is 0.205. The lowest BCUT2D eigenvalue weighted by Gasteiger charge is -2.25. The molecular weight excluding hydrogens is 292 g/mol. The molecule has 124 valence electrons. The molecule has 1 aliphatic heterocycles. The Morgan fingerprint density at radius 1 is 1.09 bits per heavy atom. The van der Waals surface area contributed by atoms with Gasteiger partial charge in [0.1, 0.15) is 5.54 Å². The fourth-order valence-corrected chi connectivity index (χ4v) is 3.11. The molecule has 1 aromatic carbocycles. The number of Topliss-reactive ketones (excluding diaryl/α,β-unsaturated/α-hetero) is 1. The molecule has 0 aliphatic carbocycles. The Morgan fingerprint density at radius 2 is 1.65 bits per heavy atom. The van der Waals surface area contributed by atoms with Gasteiger partial charge < -0.3 is 5.32 Å². The van der Waals surface area contributed by atoms with Crippen LogP contribution in [-0.4, -0.2) is 34.7 Å². The van der Waals surface area contributed by atoms with Gasteiger partial charge >= 0.3 is 6.03 Å². The summed E-state index contributed by atoms with van der Waals surface area (Å²) in [5.41, 5.74) is 0.731. The van der Waals surface area contributed by atoms with Crippen LogP contribution in [0.2, 0.25) is 0 Å². The van der Waals surface area contributed by atoms with Crippen molar-refractivity contribution in [2.45, 2.75) is 52.0 Å². The maximum absolute atomic E-state index is 12.7. The van der Waals surface area contributed by atoms with Crippen LogP contribution in [0.3, 0.4) is 0 Å². The first-order valence-electron chi connectivity index (χ1n) is 8.17. The van der Waals surface area contributed by atoms with Crippen molar-refractivity contribution in [1.29, 1.82) is 0 Å². The number of amides is 3. The third-order valence-corrected chi connectivity index (χ3v) is 4.27. The van der Waals surface area contributed by atoms with Crippen LogP contribution in [0.1, 0.15) is 55.5 Å². The van der Waals surface area contributed by atoms with E-state index in [0.29, 0.717) is 18.4 Å². The van der Waals surface area contributed by atoms with E-state index in [9.17, 15) is 14.4 Å². The molecule has 0 unspecified atom stereocenters. The Balaban J connectivity index is 2.16. The summed E-state index contributed by atoms with van der Waals surface area (Å²) in [6, 6.07) is 6.68. The Labute approximate surface area is 137 Å². The summed E-state index contributed by atoms with van der Waals surface area (Å²) in [5.74, 6) is -0.496. The van der Waals surface area contributed by atoms with Crippen LogP contribution in [0.5, 0.6) is 0 Å². The molecule has 0 saturated carbocycles. The molecule has 1 heterocycles. The number of rotatable bonds is 7. The molecule has 1 saturated heterocycles. The predicted octanol–water partition coefficient (Wildman–Crippen LogP) is 3.07. The van der Waals surface area contributed by atoms with Gasteiger partial charge in [0.25, 0.3) is 5.91 Å². The Morgan fingerprint density at radius 3 is 2.17 bits per heavy atom. The number of carbonyl (C=O) groups excluding carboxylic acids is 3. The highest BCUT2D eigenvalue weighted by Crippen LogP contribution is 2.28. The van der Waals surface area contributed by atoms with Crippen molar-refractivity contribution in [2.24, 2.45) is 0 Å². The summed E-state index contributed by atoms with van der Waals surface area (Å²) in [7, 11) is 0. The van der Waals surface area contributed by atoms with E-state index < -0.39 is 11.6 Å². The van der Waals surface area contributed by atoms with Gasteiger partial charge in [-0.2, -0.15) is 0 Å². The summed E-state index contributed by atoms with van der Waals surface area (Å²) in [6.45, 7) is 5.70. The zero-order chi connectivity index (χ0) is 17.0. The SMILES string of the molecule is CCCC1(CCC)NC(=O)N(CC(=O)c2ccc(C)cc2)C1=O. The third kappa shape index (κ3) is 3.44. The number of urea groups is 1. The first kappa shape index (κ1) is 17.2. The van der Waals surface area contributed by atoms with Gasteiger partial charge in [-0.15, -0.1) is 0 Å². The van der Waals surface area contributed by atoms with Gasteiger partial charge in [-0.1, -0.05) is 56.5 Å². The summed E-state index contributed by atoms with van der Waals surface area (Å²) in [4.78, 5) is 38.4. The van der Waals surface area contributed by atoms with Crippen molar-refractivity contribution in [2.75, 3.05) is 6.54 Å². The topological polar surface area (TPSA) is 66.5 Å². The molecule has 5 nitrogen and oxygen atoms in total. The lowest BCUT2D eigenvalue weighted by molar-refractivity contribution is -0.131. The highest BCUT2D eigenvalue weighted by molar-refractivity contribution is 6.11. The molecule has 1 N–H and O–H groups in total. The van der Waals surface area contributed by atoms with E-state index in [-0.39, 0.29) is 18.2 Å². The largest absolute Gasteiger partial charge is 0.325 e. The van der Waals surface area contributed by atoms with Gasteiger partial charge in [-0.3, -0.25) is 14.5 Å². The van der Waals surface area contributed by atoms with Gasteiger partial charge in [0.15, 0.2) is 5.78 Å². The molecule has 5 heteroatoms. The summed E-state index contributed by atoms with van der Waals surface area (Å²) >= 11 is 0. The summed E-state index contributed by atoms with van der Waals surface area (Å²) in [6.07, 6.45) is 2.79. The number of imide groups is 1. The Hall–Kier alpha value is -2.17. The smallest absolute Gasteiger partial charge is 0.323 e. The Kier molecular flexibility index (Phi) is 5.19. The van der Waals surface area contributed by atoms with Crippen LogP contribution >= 0.6 is 0 Å². The van der Waals surface area contributed by atoms with Crippen LogP contribution in [-0.2, 0) is 4.79 Å². The Bertz CT molecular complexity index is 601. The molecule has 0 radical (unpaired) electrons. The first-order valence-corrected chi connectivity index (χ1v) is 8.17. The molecule has 1 fully saturated rings. The van der Waals surface area contributed by atoms with Gasteiger partial charge in [0.2, 0.25) is 0 Å². The number of ketones is 1. The third-order valence-electron chi connectivity index (χ3n) is 4.27. The highest BCUT2D eigenvalue weighted by Gasteiger charge is 2.50. The van der Waals surface area contributed by atoms with Crippen LogP contribution in [0, 0.1) is 6.92 Å². The fraction of sp³-hybridized carbons (Fsp3) is 0.500. The van der Waals surface area contributed by atoms with E-state index in [0.717, 1.165) is 23.3 Å². The second-order valence-electron chi connectivity index (χ2n) is 6.19. The first-order chi connectivity index (χ1) is 10.9. The average Bonchev–Trinajstić information content (AvgIpc) is 2.73. The number of carbonyl (C=O) groups is 3. The van der Waals surface area contributed by atoms with Crippen LogP contribution in [0.4, 0.5) is 4.79 Å². The molecule has 0 aromatic heterocycles. The zero-order valence-corrected chi connectivity index (χ0v) is 14.0. The van der Waals surface area contributed by atoms with E-state index in [1.807, 2.05) is 32.9 Å². The molecule has 23 heavy (non-hydrogen) atoms. The molecule has 0 bridgehead atoms. The number of nitrogens with zero attached hydrogens (tertiary/aromatic N) is 1. The second kappa shape index (κ2) is 6.94.